The topological polar surface area (TPSA) is 99.6 Å². The maximum atomic E-state index is 12.6. The molecule has 2 fully saturated rings. The minimum atomic E-state index is -0.953. The third kappa shape index (κ3) is 3.97. The van der Waals surface area contributed by atoms with Gasteiger partial charge in [-0.2, -0.15) is 0 Å². The zero-order chi connectivity index (χ0) is 18.0. The fourth-order valence-corrected chi connectivity index (χ4v) is 3.25. The maximum Gasteiger partial charge on any atom is 0.308 e. The highest BCUT2D eigenvalue weighted by Crippen LogP contribution is 2.47. The Bertz CT molecular complexity index is 672. The van der Waals surface area contributed by atoms with E-state index < -0.39 is 17.8 Å². The minimum Gasteiger partial charge on any atom is -0.481 e. The Kier molecular flexibility index (Phi) is 4.74. The molecule has 134 valence electrons. The third-order valence-corrected chi connectivity index (χ3v) is 5.19. The molecule has 1 aliphatic carbocycles. The molecule has 1 aromatic rings. The van der Waals surface area contributed by atoms with E-state index in [1.165, 1.54) is 0 Å². The van der Waals surface area contributed by atoms with Crippen molar-refractivity contribution in [3.05, 3.63) is 30.1 Å². The number of likely N-dealkylation sites (tertiary alicyclic amines) is 1. The Morgan fingerprint density at radius 1 is 1.24 bits per heavy atom. The number of carbonyl (C=O) groups is 3. The molecule has 2 amide bonds. The van der Waals surface area contributed by atoms with E-state index in [-0.39, 0.29) is 30.2 Å². The van der Waals surface area contributed by atoms with Crippen LogP contribution in [0.4, 0.5) is 0 Å². The Hall–Kier alpha value is -2.44. The number of hydrogen-bond acceptors (Lipinski definition) is 4. The van der Waals surface area contributed by atoms with E-state index in [1.807, 2.05) is 19.1 Å². The molecular formula is C18H23N3O4. The van der Waals surface area contributed by atoms with Crippen molar-refractivity contribution in [2.75, 3.05) is 13.1 Å². The Morgan fingerprint density at radius 2 is 1.88 bits per heavy atom. The molecule has 2 atom stereocenters. The van der Waals surface area contributed by atoms with Gasteiger partial charge in [-0.3, -0.25) is 19.4 Å². The van der Waals surface area contributed by atoms with Gasteiger partial charge in [0.2, 0.25) is 11.8 Å². The van der Waals surface area contributed by atoms with E-state index >= 15 is 0 Å². The van der Waals surface area contributed by atoms with E-state index in [2.05, 4.69) is 10.3 Å². The monoisotopic (exact) mass is 345 g/mol. The number of pyridine rings is 1. The molecule has 0 aromatic carbocycles. The highest BCUT2D eigenvalue weighted by atomic mass is 16.4. The van der Waals surface area contributed by atoms with Gasteiger partial charge in [-0.05, 0) is 37.0 Å². The Balaban J connectivity index is 1.65. The second-order valence-corrected chi connectivity index (χ2v) is 7.31. The van der Waals surface area contributed by atoms with Crippen LogP contribution in [0.3, 0.4) is 0 Å². The van der Waals surface area contributed by atoms with Crippen molar-refractivity contribution < 1.29 is 19.5 Å². The van der Waals surface area contributed by atoms with Gasteiger partial charge in [0.15, 0.2) is 0 Å². The molecule has 7 nitrogen and oxygen atoms in total. The summed E-state index contributed by atoms with van der Waals surface area (Å²) in [4.78, 5) is 42.1. The predicted molar refractivity (Wildman–Crippen MR) is 89.2 cm³/mol. The first kappa shape index (κ1) is 17.4. The molecule has 2 N–H and O–H groups in total. The lowest BCUT2D eigenvalue weighted by Crippen LogP contribution is -2.51. The lowest BCUT2D eigenvalue weighted by atomic mass is 9.87. The predicted octanol–water partition coefficient (Wildman–Crippen LogP) is 1.05. The quantitative estimate of drug-likeness (QED) is 0.831. The zero-order valence-electron chi connectivity index (χ0n) is 14.3. The van der Waals surface area contributed by atoms with E-state index in [9.17, 15) is 19.5 Å². The number of aliphatic carboxylic acids is 1. The number of nitrogens with zero attached hydrogens (tertiary/aromatic N) is 2. The molecule has 1 saturated carbocycles. The number of hydrogen-bond donors (Lipinski definition) is 2. The minimum absolute atomic E-state index is 0.0228. The van der Waals surface area contributed by atoms with Crippen molar-refractivity contribution in [3.63, 3.8) is 0 Å². The zero-order valence-corrected chi connectivity index (χ0v) is 14.3. The lowest BCUT2D eigenvalue weighted by molar-refractivity contribution is -0.150. The second kappa shape index (κ2) is 6.82. The normalized spacial score (nSPS) is 24.4. The van der Waals surface area contributed by atoms with Crippen molar-refractivity contribution in [2.24, 2.45) is 17.3 Å². The summed E-state index contributed by atoms with van der Waals surface area (Å²) in [6.07, 6.45) is 5.23. The molecule has 1 aliphatic heterocycles. The van der Waals surface area contributed by atoms with Crippen LogP contribution in [0, 0.1) is 17.3 Å². The van der Waals surface area contributed by atoms with Crippen LogP contribution in [-0.4, -0.2) is 45.9 Å². The van der Waals surface area contributed by atoms with Gasteiger partial charge in [-0.1, -0.05) is 6.92 Å². The maximum absolute atomic E-state index is 12.6. The van der Waals surface area contributed by atoms with E-state index in [1.54, 1.807) is 17.3 Å². The van der Waals surface area contributed by atoms with Crippen LogP contribution in [-0.2, 0) is 20.9 Å². The molecule has 25 heavy (non-hydrogen) atoms. The molecule has 0 spiro atoms. The van der Waals surface area contributed by atoms with Gasteiger partial charge in [-0.15, -0.1) is 0 Å². The number of carbonyl (C=O) groups excluding carboxylic acids is 2. The van der Waals surface area contributed by atoms with E-state index in [0.29, 0.717) is 13.1 Å². The molecule has 1 aromatic heterocycles. The number of amides is 2. The first-order chi connectivity index (χ1) is 11.9. The van der Waals surface area contributed by atoms with Gasteiger partial charge in [0.1, 0.15) is 0 Å². The highest BCUT2D eigenvalue weighted by Gasteiger charge is 2.49. The van der Waals surface area contributed by atoms with Gasteiger partial charge >= 0.3 is 5.97 Å². The highest BCUT2D eigenvalue weighted by molar-refractivity contribution is 5.87. The van der Waals surface area contributed by atoms with Crippen LogP contribution < -0.4 is 5.32 Å². The summed E-state index contributed by atoms with van der Waals surface area (Å²) in [5, 5.41) is 12.2. The summed E-state index contributed by atoms with van der Waals surface area (Å²) in [5.74, 6) is -2.38. The van der Waals surface area contributed by atoms with Gasteiger partial charge in [-0.25, -0.2) is 0 Å². The second-order valence-electron chi connectivity index (χ2n) is 7.31. The molecule has 0 unspecified atom stereocenters. The van der Waals surface area contributed by atoms with E-state index in [4.69, 9.17) is 0 Å². The van der Waals surface area contributed by atoms with Crippen molar-refractivity contribution in [2.45, 2.75) is 32.7 Å². The molecular weight excluding hydrogens is 322 g/mol. The number of aromatic nitrogens is 1. The summed E-state index contributed by atoms with van der Waals surface area (Å²) < 4.78 is 0. The van der Waals surface area contributed by atoms with Crippen molar-refractivity contribution in [1.29, 1.82) is 0 Å². The fraction of sp³-hybridized carbons (Fsp3) is 0.556. The lowest BCUT2D eigenvalue weighted by Gasteiger charge is -2.37. The molecule has 2 aliphatic rings. The fourth-order valence-electron chi connectivity index (χ4n) is 3.25. The van der Waals surface area contributed by atoms with Crippen LogP contribution in [0.5, 0.6) is 0 Å². The average molecular weight is 345 g/mol. The molecule has 1 saturated heterocycles. The van der Waals surface area contributed by atoms with Crippen LogP contribution in [0.15, 0.2) is 24.5 Å². The number of nitrogens with one attached hydrogen (secondary N) is 1. The van der Waals surface area contributed by atoms with Crippen LogP contribution in [0.2, 0.25) is 0 Å². The van der Waals surface area contributed by atoms with Gasteiger partial charge in [0.05, 0.1) is 11.8 Å². The third-order valence-electron chi connectivity index (χ3n) is 5.19. The average Bonchev–Trinajstić information content (AvgIpc) is 3.38. The van der Waals surface area contributed by atoms with Crippen molar-refractivity contribution in [1.82, 2.24) is 15.2 Å². The van der Waals surface area contributed by atoms with E-state index in [0.717, 1.165) is 18.4 Å². The summed E-state index contributed by atoms with van der Waals surface area (Å²) in [6.45, 7) is 2.75. The number of carboxylic acid groups (broad SMARTS) is 1. The first-order valence-electron chi connectivity index (χ1n) is 8.58. The summed E-state index contributed by atoms with van der Waals surface area (Å²) in [6, 6.07) is 3.62. The molecule has 7 heteroatoms. The molecule has 0 bridgehead atoms. The van der Waals surface area contributed by atoms with Crippen LogP contribution >= 0.6 is 0 Å². The Morgan fingerprint density at radius 3 is 2.48 bits per heavy atom. The number of rotatable bonds is 5. The van der Waals surface area contributed by atoms with Gasteiger partial charge in [0.25, 0.3) is 0 Å². The number of piperidine rings is 1. The summed E-state index contributed by atoms with van der Waals surface area (Å²) in [7, 11) is 0. The summed E-state index contributed by atoms with van der Waals surface area (Å²) >= 11 is 0. The Labute approximate surface area is 146 Å². The van der Waals surface area contributed by atoms with Gasteiger partial charge < -0.3 is 15.3 Å². The van der Waals surface area contributed by atoms with Crippen LogP contribution in [0.1, 0.15) is 31.7 Å². The van der Waals surface area contributed by atoms with Crippen molar-refractivity contribution >= 4 is 17.8 Å². The largest absolute Gasteiger partial charge is 0.481 e. The SMILES string of the molecule is CC1(C(=O)N2C[C@@H](C(=O)O)C[C@@H](C(=O)NCc3ccncc3)C2)CC1. The van der Waals surface area contributed by atoms with Gasteiger partial charge in [0, 0.05) is 37.4 Å². The summed E-state index contributed by atoms with van der Waals surface area (Å²) in [5.41, 5.74) is 0.561. The van der Waals surface area contributed by atoms with Crippen molar-refractivity contribution in [3.8, 4) is 0 Å². The molecule has 2 heterocycles. The smallest absolute Gasteiger partial charge is 0.308 e. The first-order valence-corrected chi connectivity index (χ1v) is 8.58. The molecule has 0 radical (unpaired) electrons. The molecule has 3 rings (SSSR count). The standard InChI is InChI=1S/C18H23N3O4/c1-18(4-5-18)17(25)21-10-13(8-14(11-21)16(23)24)15(22)20-9-12-2-6-19-7-3-12/h2-3,6-7,13-14H,4-5,8-11H2,1H3,(H,20,22)(H,23,24)/t13-,14+/m1/s1. The van der Waals surface area contributed by atoms with Crippen LogP contribution in [0.25, 0.3) is 0 Å². The number of carboxylic acids is 1.